The highest BCUT2D eigenvalue weighted by Gasteiger charge is 2.18. The molecule has 0 aromatic carbocycles. The molecule has 1 rings (SSSR count). The van der Waals surface area contributed by atoms with Crippen molar-refractivity contribution in [3.8, 4) is 0 Å². The molecule has 0 aliphatic heterocycles. The van der Waals surface area contributed by atoms with Crippen LogP contribution in [0.25, 0.3) is 0 Å². The Labute approximate surface area is 97.6 Å². The predicted octanol–water partition coefficient (Wildman–Crippen LogP) is 1.51. The first-order valence-corrected chi connectivity index (χ1v) is 5.11. The van der Waals surface area contributed by atoms with Crippen LogP contribution in [0.4, 0.5) is 11.4 Å². The van der Waals surface area contributed by atoms with Gasteiger partial charge in [0.05, 0.1) is 10.8 Å². The van der Waals surface area contributed by atoms with Crippen molar-refractivity contribution in [3.05, 3.63) is 28.6 Å². The van der Waals surface area contributed by atoms with Crippen molar-refractivity contribution < 1.29 is 14.8 Å². The number of pyridine rings is 1. The largest absolute Gasteiger partial charge is 0.481 e. The first-order valence-electron chi connectivity index (χ1n) is 5.11. The van der Waals surface area contributed by atoms with Gasteiger partial charge < -0.3 is 10.4 Å². The lowest BCUT2D eigenvalue weighted by Gasteiger charge is -2.11. The number of hydrogen-bond donors (Lipinski definition) is 2. The van der Waals surface area contributed by atoms with Crippen molar-refractivity contribution in [2.75, 3.05) is 11.9 Å². The lowest BCUT2D eigenvalue weighted by atomic mass is 10.1. The minimum absolute atomic E-state index is 0.149. The number of carbonyl (C=O) groups is 1. The smallest absolute Gasteiger partial charge is 0.310 e. The minimum atomic E-state index is -0.920. The van der Waals surface area contributed by atoms with E-state index in [1.165, 1.54) is 12.3 Å². The van der Waals surface area contributed by atoms with E-state index in [4.69, 9.17) is 5.11 Å². The second-order valence-corrected chi connectivity index (χ2v) is 3.47. The first kappa shape index (κ1) is 12.9. The zero-order valence-corrected chi connectivity index (χ0v) is 9.29. The molecule has 1 heterocycles. The molecule has 1 aromatic heterocycles. The maximum Gasteiger partial charge on any atom is 0.310 e. The van der Waals surface area contributed by atoms with Crippen LogP contribution in [-0.4, -0.2) is 27.5 Å². The topological polar surface area (TPSA) is 105 Å². The Morgan fingerprint density at radius 2 is 2.41 bits per heavy atom. The van der Waals surface area contributed by atoms with Crippen molar-refractivity contribution in [1.29, 1.82) is 0 Å². The van der Waals surface area contributed by atoms with Gasteiger partial charge in [-0.15, -0.1) is 0 Å². The number of carboxylic acids is 1. The number of carboxylic acid groups (broad SMARTS) is 1. The van der Waals surface area contributed by atoms with E-state index < -0.39 is 16.8 Å². The van der Waals surface area contributed by atoms with Gasteiger partial charge in [0.2, 0.25) is 0 Å². The molecule has 0 bridgehead atoms. The summed E-state index contributed by atoms with van der Waals surface area (Å²) in [5.74, 6) is -1.49. The van der Waals surface area contributed by atoms with Crippen LogP contribution in [0.2, 0.25) is 0 Å². The van der Waals surface area contributed by atoms with Gasteiger partial charge in [-0.2, -0.15) is 0 Å². The molecular weight excluding hydrogens is 226 g/mol. The van der Waals surface area contributed by atoms with Gasteiger partial charge >= 0.3 is 11.7 Å². The number of hydrogen-bond acceptors (Lipinski definition) is 5. The van der Waals surface area contributed by atoms with E-state index in [0.29, 0.717) is 6.42 Å². The van der Waals surface area contributed by atoms with E-state index in [2.05, 4.69) is 10.3 Å². The summed E-state index contributed by atoms with van der Waals surface area (Å²) in [5, 5.41) is 22.3. The summed E-state index contributed by atoms with van der Waals surface area (Å²) >= 11 is 0. The van der Waals surface area contributed by atoms with E-state index in [0.717, 1.165) is 6.20 Å². The molecule has 0 amide bonds. The number of anilines is 1. The number of aliphatic carboxylic acids is 1. The Balaban J connectivity index is 2.75. The number of nitro groups is 1. The van der Waals surface area contributed by atoms with Gasteiger partial charge in [0.15, 0.2) is 0 Å². The average molecular weight is 239 g/mol. The van der Waals surface area contributed by atoms with Crippen LogP contribution in [-0.2, 0) is 4.79 Å². The SMILES string of the molecule is CCC(CNc1ccncc1[N+](=O)[O-])C(=O)O. The molecule has 2 N–H and O–H groups in total. The first-order chi connectivity index (χ1) is 8.06. The maximum atomic E-state index is 10.8. The third kappa shape index (κ3) is 3.40. The van der Waals surface area contributed by atoms with Crippen LogP contribution in [0.5, 0.6) is 0 Å². The molecule has 17 heavy (non-hydrogen) atoms. The summed E-state index contributed by atoms with van der Waals surface area (Å²) in [5.41, 5.74) is 0.123. The summed E-state index contributed by atoms with van der Waals surface area (Å²) in [6, 6.07) is 1.45. The highest BCUT2D eigenvalue weighted by atomic mass is 16.6. The van der Waals surface area contributed by atoms with Gasteiger partial charge in [-0.3, -0.25) is 19.9 Å². The van der Waals surface area contributed by atoms with Crippen LogP contribution in [0.3, 0.4) is 0 Å². The molecule has 0 radical (unpaired) electrons. The van der Waals surface area contributed by atoms with E-state index in [1.807, 2.05) is 0 Å². The molecule has 1 atom stereocenters. The second kappa shape index (κ2) is 5.78. The fraction of sp³-hybridized carbons (Fsp3) is 0.400. The molecule has 0 aliphatic carbocycles. The quantitative estimate of drug-likeness (QED) is 0.575. The lowest BCUT2D eigenvalue weighted by Crippen LogP contribution is -2.22. The van der Waals surface area contributed by atoms with Crippen molar-refractivity contribution in [2.45, 2.75) is 13.3 Å². The van der Waals surface area contributed by atoms with Crippen LogP contribution in [0.1, 0.15) is 13.3 Å². The maximum absolute atomic E-state index is 10.8. The molecule has 1 unspecified atom stereocenters. The van der Waals surface area contributed by atoms with Crippen LogP contribution in [0, 0.1) is 16.0 Å². The van der Waals surface area contributed by atoms with E-state index in [1.54, 1.807) is 6.92 Å². The Kier molecular flexibility index (Phi) is 4.38. The summed E-state index contributed by atoms with van der Waals surface area (Å²) in [7, 11) is 0. The van der Waals surface area contributed by atoms with Gasteiger partial charge in [-0.1, -0.05) is 6.92 Å². The number of rotatable bonds is 6. The fourth-order valence-corrected chi connectivity index (χ4v) is 1.32. The second-order valence-electron chi connectivity index (χ2n) is 3.47. The van der Waals surface area contributed by atoms with Crippen LogP contribution in [0.15, 0.2) is 18.5 Å². The van der Waals surface area contributed by atoms with E-state index in [-0.39, 0.29) is 17.9 Å². The Bertz CT molecular complexity index is 422. The lowest BCUT2D eigenvalue weighted by molar-refractivity contribution is -0.384. The third-order valence-corrected chi connectivity index (χ3v) is 2.38. The molecule has 0 fully saturated rings. The highest BCUT2D eigenvalue weighted by molar-refractivity contribution is 5.71. The Morgan fingerprint density at radius 1 is 1.71 bits per heavy atom. The molecule has 92 valence electrons. The number of nitrogens with zero attached hydrogens (tertiary/aromatic N) is 2. The zero-order valence-electron chi connectivity index (χ0n) is 9.29. The van der Waals surface area contributed by atoms with Crippen molar-refractivity contribution in [1.82, 2.24) is 4.98 Å². The van der Waals surface area contributed by atoms with Crippen molar-refractivity contribution >= 4 is 17.3 Å². The Morgan fingerprint density at radius 3 is 2.94 bits per heavy atom. The van der Waals surface area contributed by atoms with E-state index in [9.17, 15) is 14.9 Å². The zero-order chi connectivity index (χ0) is 12.8. The molecule has 7 nitrogen and oxygen atoms in total. The normalized spacial score (nSPS) is 11.8. The molecule has 0 saturated heterocycles. The summed E-state index contributed by atoms with van der Waals surface area (Å²) < 4.78 is 0. The van der Waals surface area contributed by atoms with Crippen molar-refractivity contribution in [2.24, 2.45) is 5.92 Å². The number of nitrogens with one attached hydrogen (secondary N) is 1. The highest BCUT2D eigenvalue weighted by Crippen LogP contribution is 2.22. The molecule has 7 heteroatoms. The standard InChI is InChI=1S/C10H13N3O4/c1-2-7(10(14)15)5-12-8-3-4-11-6-9(8)13(16)17/h3-4,6-7H,2,5H2,1H3,(H,11,12)(H,14,15). The van der Waals surface area contributed by atoms with Crippen LogP contribution >= 0.6 is 0 Å². The van der Waals surface area contributed by atoms with Gasteiger partial charge in [0, 0.05) is 12.7 Å². The molecule has 0 aliphatic rings. The van der Waals surface area contributed by atoms with Gasteiger partial charge in [-0.25, -0.2) is 0 Å². The monoisotopic (exact) mass is 239 g/mol. The number of aromatic nitrogens is 1. The van der Waals surface area contributed by atoms with Crippen molar-refractivity contribution in [3.63, 3.8) is 0 Å². The van der Waals surface area contributed by atoms with E-state index >= 15 is 0 Å². The van der Waals surface area contributed by atoms with Gasteiger partial charge in [0.25, 0.3) is 0 Å². The molecular formula is C10H13N3O4. The summed E-state index contributed by atoms with van der Waals surface area (Å²) in [6.07, 6.45) is 3.00. The molecule has 0 saturated carbocycles. The summed E-state index contributed by atoms with van der Waals surface area (Å²) in [6.45, 7) is 1.90. The fourth-order valence-electron chi connectivity index (χ4n) is 1.32. The molecule has 1 aromatic rings. The van der Waals surface area contributed by atoms with Gasteiger partial charge in [0.1, 0.15) is 11.9 Å². The summed E-state index contributed by atoms with van der Waals surface area (Å²) in [4.78, 5) is 24.6. The van der Waals surface area contributed by atoms with Crippen LogP contribution < -0.4 is 5.32 Å². The Hall–Kier alpha value is -2.18. The average Bonchev–Trinajstić information content (AvgIpc) is 2.29. The minimum Gasteiger partial charge on any atom is -0.481 e. The molecule has 0 spiro atoms. The third-order valence-electron chi connectivity index (χ3n) is 2.38. The van der Waals surface area contributed by atoms with Gasteiger partial charge in [-0.05, 0) is 12.5 Å². The predicted molar refractivity (Wildman–Crippen MR) is 60.8 cm³/mol.